The number of carbonyl (C=O) groups is 2. The minimum Gasteiger partial charge on any atom is -0.467 e. The van der Waals surface area contributed by atoms with Crippen molar-refractivity contribution in [1.82, 2.24) is 15.6 Å². The summed E-state index contributed by atoms with van der Waals surface area (Å²) in [5, 5.41) is 17.8. The average Bonchev–Trinajstić information content (AvgIpc) is 2.70. The van der Waals surface area contributed by atoms with E-state index < -0.39 is 18.0 Å². The predicted molar refractivity (Wildman–Crippen MR) is 49.1 cm³/mol. The van der Waals surface area contributed by atoms with Crippen LogP contribution < -0.4 is 11.1 Å². The van der Waals surface area contributed by atoms with Crippen molar-refractivity contribution in [3.63, 3.8) is 0 Å². The Bertz CT molecular complexity index is 390. The first kappa shape index (κ1) is 11.9. The average molecular weight is 230 g/mol. The van der Waals surface area contributed by atoms with Gasteiger partial charge in [0, 0.05) is 0 Å². The Morgan fingerprint density at radius 3 is 2.81 bits per heavy atom. The van der Waals surface area contributed by atoms with E-state index in [4.69, 9.17) is 10.8 Å². The fraction of sp³-hybridized carbons (Fsp3) is 0.429. The second-order valence-electron chi connectivity index (χ2n) is 2.75. The molecular formula is C7H10N4O5. The van der Waals surface area contributed by atoms with Crippen molar-refractivity contribution in [3.8, 4) is 0 Å². The van der Waals surface area contributed by atoms with Crippen LogP contribution in [0.1, 0.15) is 10.5 Å². The Balaban J connectivity index is 2.48. The molecule has 0 aliphatic rings. The van der Waals surface area contributed by atoms with Gasteiger partial charge in [0.2, 0.25) is 11.5 Å². The summed E-state index contributed by atoms with van der Waals surface area (Å²) in [6, 6.07) is 0. The van der Waals surface area contributed by atoms with E-state index in [2.05, 4.69) is 25.0 Å². The SMILES string of the molecule is COC(=O)C(O)CNC(=O)c1nonc1N. The standard InChI is InChI=1S/C7H10N4O5/c1-15-7(14)3(12)2-9-6(13)4-5(8)11-16-10-4/h3,12H,2H2,1H3,(H2,8,11)(H,9,13). The normalized spacial score (nSPS) is 11.9. The number of amides is 1. The fourth-order valence-electron chi connectivity index (χ4n) is 0.845. The van der Waals surface area contributed by atoms with Gasteiger partial charge in [-0.2, -0.15) is 0 Å². The molecule has 0 saturated carbocycles. The van der Waals surface area contributed by atoms with Gasteiger partial charge in [0.1, 0.15) is 0 Å². The Morgan fingerprint density at radius 1 is 1.62 bits per heavy atom. The van der Waals surface area contributed by atoms with Gasteiger partial charge in [0.15, 0.2) is 6.10 Å². The number of hydrogen-bond acceptors (Lipinski definition) is 8. The van der Waals surface area contributed by atoms with E-state index in [0.717, 1.165) is 7.11 Å². The highest BCUT2D eigenvalue weighted by Crippen LogP contribution is 2.02. The molecule has 0 bridgehead atoms. The maximum Gasteiger partial charge on any atom is 0.336 e. The van der Waals surface area contributed by atoms with Crippen LogP contribution in [0.15, 0.2) is 4.63 Å². The number of ether oxygens (including phenoxy) is 1. The van der Waals surface area contributed by atoms with Crippen LogP contribution in [-0.4, -0.2) is 47.1 Å². The van der Waals surface area contributed by atoms with Crippen LogP contribution in [0.25, 0.3) is 0 Å². The summed E-state index contributed by atoms with van der Waals surface area (Å²) in [6.45, 7) is -0.322. The molecule has 1 rings (SSSR count). The first-order valence-electron chi connectivity index (χ1n) is 4.18. The quantitative estimate of drug-likeness (QED) is 0.500. The van der Waals surface area contributed by atoms with Gasteiger partial charge in [-0.3, -0.25) is 4.79 Å². The summed E-state index contributed by atoms with van der Waals surface area (Å²) >= 11 is 0. The second-order valence-corrected chi connectivity index (χ2v) is 2.75. The smallest absolute Gasteiger partial charge is 0.336 e. The number of nitrogens with two attached hydrogens (primary N) is 1. The molecule has 9 nitrogen and oxygen atoms in total. The van der Waals surface area contributed by atoms with Crippen molar-refractivity contribution in [2.45, 2.75) is 6.10 Å². The maximum atomic E-state index is 11.3. The van der Waals surface area contributed by atoms with Crippen molar-refractivity contribution >= 4 is 17.7 Å². The molecule has 1 aromatic heterocycles. The van der Waals surface area contributed by atoms with Gasteiger partial charge in [0.25, 0.3) is 5.91 Å². The summed E-state index contributed by atoms with van der Waals surface area (Å²) in [5.41, 5.74) is 5.04. The summed E-state index contributed by atoms with van der Waals surface area (Å²) in [6.07, 6.45) is -1.45. The maximum absolute atomic E-state index is 11.3. The first-order valence-corrected chi connectivity index (χ1v) is 4.18. The highest BCUT2D eigenvalue weighted by Gasteiger charge is 2.20. The van der Waals surface area contributed by atoms with E-state index in [1.54, 1.807) is 0 Å². The Kier molecular flexibility index (Phi) is 3.78. The summed E-state index contributed by atoms with van der Waals surface area (Å²) < 4.78 is 8.45. The number of aromatic nitrogens is 2. The number of nitrogens with one attached hydrogen (secondary N) is 1. The van der Waals surface area contributed by atoms with E-state index in [0.29, 0.717) is 0 Å². The number of aliphatic hydroxyl groups excluding tert-OH is 1. The van der Waals surface area contributed by atoms with Crippen molar-refractivity contribution < 1.29 is 24.1 Å². The highest BCUT2D eigenvalue weighted by atomic mass is 16.6. The molecule has 0 saturated heterocycles. The van der Waals surface area contributed by atoms with Crippen molar-refractivity contribution in [2.75, 3.05) is 19.4 Å². The van der Waals surface area contributed by atoms with Gasteiger partial charge in [-0.1, -0.05) is 0 Å². The van der Waals surface area contributed by atoms with E-state index in [1.165, 1.54) is 0 Å². The van der Waals surface area contributed by atoms with E-state index in [1.807, 2.05) is 0 Å². The lowest BCUT2D eigenvalue weighted by Gasteiger charge is -2.08. The Labute approximate surface area is 89.5 Å². The minimum atomic E-state index is -1.45. The molecule has 4 N–H and O–H groups in total. The van der Waals surface area contributed by atoms with Crippen LogP contribution in [0, 0.1) is 0 Å². The molecule has 0 radical (unpaired) electrons. The van der Waals surface area contributed by atoms with Gasteiger partial charge in [0.05, 0.1) is 13.7 Å². The third-order valence-electron chi connectivity index (χ3n) is 1.66. The van der Waals surface area contributed by atoms with E-state index in [9.17, 15) is 9.59 Å². The monoisotopic (exact) mass is 230 g/mol. The number of nitrogen functional groups attached to an aromatic ring is 1. The fourth-order valence-corrected chi connectivity index (χ4v) is 0.845. The lowest BCUT2D eigenvalue weighted by atomic mass is 10.3. The van der Waals surface area contributed by atoms with Crippen LogP contribution >= 0.6 is 0 Å². The van der Waals surface area contributed by atoms with Crippen LogP contribution in [0.5, 0.6) is 0 Å². The number of anilines is 1. The molecule has 9 heteroatoms. The van der Waals surface area contributed by atoms with Crippen molar-refractivity contribution in [1.29, 1.82) is 0 Å². The molecular weight excluding hydrogens is 220 g/mol. The number of aliphatic hydroxyl groups is 1. The molecule has 0 aromatic carbocycles. The molecule has 1 heterocycles. The molecule has 1 atom stereocenters. The summed E-state index contributed by atoms with van der Waals surface area (Å²) in [4.78, 5) is 22.1. The number of rotatable bonds is 4. The zero-order valence-electron chi connectivity index (χ0n) is 8.34. The number of carbonyl (C=O) groups excluding carboxylic acids is 2. The number of methoxy groups -OCH3 is 1. The highest BCUT2D eigenvalue weighted by molar-refractivity contribution is 5.96. The second kappa shape index (κ2) is 5.07. The predicted octanol–water partition coefficient (Wildman–Crippen LogP) is -2.08. The van der Waals surface area contributed by atoms with Gasteiger partial charge in [-0.15, -0.1) is 0 Å². The molecule has 0 fully saturated rings. The van der Waals surface area contributed by atoms with Crippen molar-refractivity contribution in [3.05, 3.63) is 5.69 Å². The molecule has 88 valence electrons. The lowest BCUT2D eigenvalue weighted by Crippen LogP contribution is -2.37. The Hall–Kier alpha value is -2.16. The third kappa shape index (κ3) is 2.67. The molecule has 16 heavy (non-hydrogen) atoms. The number of esters is 1. The molecule has 0 aliphatic heterocycles. The zero-order chi connectivity index (χ0) is 12.1. The molecule has 0 spiro atoms. The van der Waals surface area contributed by atoms with Crippen LogP contribution in [0.3, 0.4) is 0 Å². The first-order chi connectivity index (χ1) is 7.56. The van der Waals surface area contributed by atoms with E-state index >= 15 is 0 Å². The number of nitrogens with zero attached hydrogens (tertiary/aromatic N) is 2. The zero-order valence-corrected chi connectivity index (χ0v) is 8.34. The van der Waals surface area contributed by atoms with E-state index in [-0.39, 0.29) is 18.1 Å². The van der Waals surface area contributed by atoms with Crippen LogP contribution in [-0.2, 0) is 9.53 Å². The van der Waals surface area contributed by atoms with Gasteiger partial charge >= 0.3 is 5.97 Å². The Morgan fingerprint density at radius 2 is 2.31 bits per heavy atom. The van der Waals surface area contributed by atoms with Crippen LogP contribution in [0.2, 0.25) is 0 Å². The minimum absolute atomic E-state index is 0.176. The number of hydrogen-bond donors (Lipinski definition) is 3. The summed E-state index contributed by atoms with van der Waals surface area (Å²) in [5.74, 6) is -1.74. The molecule has 1 aromatic rings. The molecule has 0 aliphatic carbocycles. The topological polar surface area (TPSA) is 141 Å². The molecule has 1 amide bonds. The largest absolute Gasteiger partial charge is 0.467 e. The van der Waals surface area contributed by atoms with Crippen molar-refractivity contribution in [2.24, 2.45) is 0 Å². The third-order valence-corrected chi connectivity index (χ3v) is 1.66. The molecule has 1 unspecified atom stereocenters. The van der Waals surface area contributed by atoms with Gasteiger partial charge in [-0.05, 0) is 10.3 Å². The summed E-state index contributed by atoms with van der Waals surface area (Å²) in [7, 11) is 1.12. The lowest BCUT2D eigenvalue weighted by molar-refractivity contribution is -0.149. The van der Waals surface area contributed by atoms with Gasteiger partial charge < -0.3 is 20.9 Å². The van der Waals surface area contributed by atoms with Gasteiger partial charge in [-0.25, -0.2) is 9.42 Å². The van der Waals surface area contributed by atoms with Crippen LogP contribution in [0.4, 0.5) is 5.82 Å².